The van der Waals surface area contributed by atoms with Crippen LogP contribution < -0.4 is 0 Å². The van der Waals surface area contributed by atoms with Crippen molar-refractivity contribution >= 4 is 26.8 Å². The highest BCUT2D eigenvalue weighted by Crippen LogP contribution is 2.20. The van der Waals surface area contributed by atoms with E-state index in [1.165, 1.54) is 11.4 Å². The molecule has 0 saturated carbocycles. The number of sulfonamides is 1. The van der Waals surface area contributed by atoms with E-state index in [1.54, 1.807) is 10.6 Å². The Balaban J connectivity index is 2.28. The number of rotatable bonds is 0. The van der Waals surface area contributed by atoms with Gasteiger partial charge in [0.05, 0.1) is 17.7 Å². The van der Waals surface area contributed by atoms with Crippen LogP contribution in [-0.4, -0.2) is 40.9 Å². The molecule has 0 fully saturated rings. The van der Waals surface area contributed by atoms with E-state index in [9.17, 15) is 13.2 Å². The van der Waals surface area contributed by atoms with Gasteiger partial charge in [-0.15, -0.1) is 0 Å². The number of imidazole rings is 1. The lowest BCUT2D eigenvalue weighted by atomic mass is 10.3. The quantitative estimate of drug-likeness (QED) is 0.693. The van der Waals surface area contributed by atoms with E-state index in [1.807, 2.05) is 18.2 Å². The average Bonchev–Trinajstić information content (AvgIpc) is 2.64. The van der Waals surface area contributed by atoms with Gasteiger partial charge in [-0.2, -0.15) is 4.31 Å². The Labute approximate surface area is 104 Å². The number of hydrogen-bond donors (Lipinski definition) is 0. The highest BCUT2D eigenvalue weighted by molar-refractivity contribution is 7.89. The van der Waals surface area contributed by atoms with Gasteiger partial charge in [-0.05, 0) is 12.1 Å². The number of benzene rings is 1. The van der Waals surface area contributed by atoms with Crippen molar-refractivity contribution in [3.63, 3.8) is 0 Å². The lowest BCUT2D eigenvalue weighted by Crippen LogP contribution is -2.29. The van der Waals surface area contributed by atoms with E-state index in [4.69, 9.17) is 0 Å². The molecule has 0 radical (unpaired) electrons. The summed E-state index contributed by atoms with van der Waals surface area (Å²) in [6.45, 7) is 0.115. The normalized spacial score (nSPS) is 19.7. The van der Waals surface area contributed by atoms with E-state index >= 15 is 0 Å². The topological polar surface area (TPSA) is 72.3 Å². The highest BCUT2D eigenvalue weighted by atomic mass is 32.2. The maximum atomic E-state index is 11.9. The molecule has 0 amide bonds. The van der Waals surface area contributed by atoms with Gasteiger partial charge >= 0.3 is 0 Å². The van der Waals surface area contributed by atoms with Gasteiger partial charge in [0.25, 0.3) is 0 Å². The number of fused-ring (bicyclic) bond motifs is 3. The zero-order valence-electron chi connectivity index (χ0n) is 9.70. The number of aromatic nitrogens is 2. The summed E-state index contributed by atoms with van der Waals surface area (Å²) in [6, 6.07) is 7.30. The largest absolute Gasteiger partial charge is 0.307 e. The van der Waals surface area contributed by atoms with Gasteiger partial charge in [0.2, 0.25) is 15.8 Å². The molecule has 1 aliphatic heterocycles. The molecule has 1 aromatic carbocycles. The number of carbonyl (C=O) groups is 1. The SMILES string of the molecule is CN1Cn2c(nc3ccccc32)C(=O)CS1(=O)=O. The number of ketones is 1. The van der Waals surface area contributed by atoms with Crippen molar-refractivity contribution in [1.29, 1.82) is 0 Å². The molecule has 1 aromatic heterocycles. The third-order valence-electron chi connectivity index (χ3n) is 3.03. The molecule has 0 atom stereocenters. The van der Waals surface area contributed by atoms with E-state index < -0.39 is 21.6 Å². The molecule has 18 heavy (non-hydrogen) atoms. The molecule has 3 rings (SSSR count). The fourth-order valence-electron chi connectivity index (χ4n) is 2.06. The van der Waals surface area contributed by atoms with E-state index in [0.717, 1.165) is 5.52 Å². The summed E-state index contributed by atoms with van der Waals surface area (Å²) >= 11 is 0. The molecule has 0 N–H and O–H groups in total. The van der Waals surface area contributed by atoms with Crippen LogP contribution in [0.5, 0.6) is 0 Å². The molecule has 0 aliphatic carbocycles. The van der Waals surface area contributed by atoms with Crippen LogP contribution in [0.2, 0.25) is 0 Å². The first kappa shape index (κ1) is 11.4. The van der Waals surface area contributed by atoms with Crippen LogP contribution in [0, 0.1) is 0 Å². The van der Waals surface area contributed by atoms with Crippen LogP contribution in [0.25, 0.3) is 11.0 Å². The number of nitrogens with zero attached hydrogens (tertiary/aromatic N) is 3. The first-order chi connectivity index (χ1) is 8.49. The Morgan fingerprint density at radius 3 is 2.78 bits per heavy atom. The molecule has 0 bridgehead atoms. The van der Waals surface area contributed by atoms with Crippen molar-refractivity contribution in [2.75, 3.05) is 12.8 Å². The number of carbonyl (C=O) groups excluding carboxylic acids is 1. The summed E-state index contributed by atoms with van der Waals surface area (Å²) in [4.78, 5) is 16.2. The molecule has 0 unspecified atom stereocenters. The highest BCUT2D eigenvalue weighted by Gasteiger charge is 2.31. The summed E-state index contributed by atoms with van der Waals surface area (Å²) < 4.78 is 26.4. The van der Waals surface area contributed by atoms with Gasteiger partial charge in [-0.1, -0.05) is 12.1 Å². The van der Waals surface area contributed by atoms with Gasteiger partial charge in [0, 0.05) is 7.05 Å². The molecule has 2 heterocycles. The van der Waals surface area contributed by atoms with Gasteiger partial charge < -0.3 is 4.57 Å². The lowest BCUT2D eigenvalue weighted by Gasteiger charge is -2.14. The van der Waals surface area contributed by atoms with Crippen molar-refractivity contribution in [2.24, 2.45) is 0 Å². The fourth-order valence-corrected chi connectivity index (χ4v) is 3.03. The molecule has 0 spiro atoms. The second-order valence-corrected chi connectivity index (χ2v) is 6.35. The van der Waals surface area contributed by atoms with Crippen LogP contribution in [0.1, 0.15) is 10.6 Å². The van der Waals surface area contributed by atoms with Gasteiger partial charge in [-0.25, -0.2) is 13.4 Å². The zero-order chi connectivity index (χ0) is 12.9. The Morgan fingerprint density at radius 2 is 2.00 bits per heavy atom. The number of Topliss-reactive ketones (excluding diaryl/α,β-unsaturated/α-hetero) is 1. The predicted molar refractivity (Wildman–Crippen MR) is 65.6 cm³/mol. The minimum Gasteiger partial charge on any atom is -0.307 e. The third kappa shape index (κ3) is 1.55. The summed E-state index contributed by atoms with van der Waals surface area (Å²) in [7, 11) is -2.07. The molecule has 7 heteroatoms. The Morgan fingerprint density at radius 1 is 1.28 bits per heavy atom. The smallest absolute Gasteiger partial charge is 0.223 e. The van der Waals surface area contributed by atoms with Crippen LogP contribution in [-0.2, 0) is 16.7 Å². The molecule has 94 valence electrons. The first-order valence-electron chi connectivity index (χ1n) is 5.41. The Bertz CT molecular complexity index is 748. The van der Waals surface area contributed by atoms with Gasteiger partial charge in [0.1, 0.15) is 5.75 Å². The van der Waals surface area contributed by atoms with Crippen molar-refractivity contribution in [1.82, 2.24) is 13.9 Å². The van der Waals surface area contributed by atoms with Crippen LogP contribution in [0.4, 0.5) is 0 Å². The van der Waals surface area contributed by atoms with Crippen LogP contribution >= 0.6 is 0 Å². The Kier molecular flexibility index (Phi) is 2.29. The van der Waals surface area contributed by atoms with E-state index in [2.05, 4.69) is 4.98 Å². The van der Waals surface area contributed by atoms with Crippen molar-refractivity contribution in [3.05, 3.63) is 30.1 Å². The number of para-hydroxylation sites is 2. The summed E-state index contributed by atoms with van der Waals surface area (Å²) in [6.07, 6.45) is 0. The van der Waals surface area contributed by atoms with Gasteiger partial charge in [0.15, 0.2) is 5.82 Å². The van der Waals surface area contributed by atoms with Gasteiger partial charge in [-0.3, -0.25) is 4.79 Å². The van der Waals surface area contributed by atoms with E-state index in [-0.39, 0.29) is 12.5 Å². The maximum absolute atomic E-state index is 11.9. The van der Waals surface area contributed by atoms with Crippen LogP contribution in [0.15, 0.2) is 24.3 Å². The van der Waals surface area contributed by atoms with Crippen molar-refractivity contribution in [3.8, 4) is 0 Å². The molecule has 0 saturated heterocycles. The molecular formula is C11H11N3O3S. The monoisotopic (exact) mass is 265 g/mol. The maximum Gasteiger partial charge on any atom is 0.223 e. The zero-order valence-corrected chi connectivity index (χ0v) is 10.5. The second-order valence-electron chi connectivity index (χ2n) is 4.27. The third-order valence-corrected chi connectivity index (χ3v) is 4.73. The van der Waals surface area contributed by atoms with Crippen molar-refractivity contribution in [2.45, 2.75) is 6.67 Å². The molecule has 2 aromatic rings. The molecule has 1 aliphatic rings. The Hall–Kier alpha value is -1.73. The minimum absolute atomic E-state index is 0.115. The summed E-state index contributed by atoms with van der Waals surface area (Å²) in [5.41, 5.74) is 1.47. The fraction of sp³-hybridized carbons (Fsp3) is 0.273. The second kappa shape index (κ2) is 3.63. The molecule has 6 nitrogen and oxygen atoms in total. The number of hydrogen-bond acceptors (Lipinski definition) is 4. The van der Waals surface area contributed by atoms with Crippen molar-refractivity contribution < 1.29 is 13.2 Å². The predicted octanol–water partition coefficient (Wildman–Crippen LogP) is 0.452. The minimum atomic E-state index is -3.53. The van der Waals surface area contributed by atoms with E-state index in [0.29, 0.717) is 5.52 Å². The van der Waals surface area contributed by atoms with Crippen LogP contribution in [0.3, 0.4) is 0 Å². The standard InChI is InChI=1S/C11H11N3O3S/c1-13-7-14-9-5-3-2-4-8(9)12-11(14)10(15)6-18(13,16)17/h2-5H,6-7H2,1H3. The first-order valence-corrected chi connectivity index (χ1v) is 7.02. The lowest BCUT2D eigenvalue weighted by molar-refractivity contribution is 0.100. The summed E-state index contributed by atoms with van der Waals surface area (Å²) in [5.74, 6) is -0.771. The molecular weight excluding hydrogens is 254 g/mol. The summed E-state index contributed by atoms with van der Waals surface area (Å²) in [5, 5.41) is 0. The average molecular weight is 265 g/mol.